The fraction of sp³-hybridized carbons (Fsp3) is 0.655. The molecule has 9 nitrogen and oxygen atoms in total. The van der Waals surface area contributed by atoms with Crippen molar-refractivity contribution in [3.05, 3.63) is 47.2 Å². The van der Waals surface area contributed by atoms with Crippen LogP contribution < -0.4 is 0 Å². The highest BCUT2D eigenvalue weighted by atomic mass is 16.7. The number of methoxy groups -OCH3 is 1. The molecule has 0 saturated heterocycles. The van der Waals surface area contributed by atoms with E-state index in [1.54, 1.807) is 12.1 Å². The molecule has 3 rings (SSSR count). The summed E-state index contributed by atoms with van der Waals surface area (Å²) in [6, 6.07) is 7.48. The van der Waals surface area contributed by atoms with Crippen LogP contribution in [0.4, 0.5) is 0 Å². The van der Waals surface area contributed by atoms with E-state index in [1.807, 2.05) is 37.1 Å². The Kier molecular flexibility index (Phi) is 12.5. The summed E-state index contributed by atoms with van der Waals surface area (Å²) in [7, 11) is 3.22. The molecule has 1 saturated carbocycles. The lowest BCUT2D eigenvalue weighted by molar-refractivity contribution is -0.172. The molecule has 1 heterocycles. The number of amides is 1. The van der Waals surface area contributed by atoms with Gasteiger partial charge in [0.15, 0.2) is 5.76 Å². The first-order chi connectivity index (χ1) is 18.5. The molecule has 3 atom stereocenters. The zero-order chi connectivity index (χ0) is 27.3. The van der Waals surface area contributed by atoms with Crippen molar-refractivity contribution < 1.29 is 38.4 Å². The standard InChI is InChI=1S/C29H43NO8/c1-4-37-29-24(14-16-35-18-19-36-17-15-31)25(21-10-12-22(13-11-21)28(33)34-3)20-26(38-29)27(32)30(2)23-8-6-5-7-9-23/h10-13,20,23-25,29,31H,4-9,14-19H2,1-3H3/t24-,25-,29-/m0/s1. The molecule has 1 N–H and O–H groups in total. The molecule has 0 radical (unpaired) electrons. The minimum Gasteiger partial charge on any atom is -0.465 e. The lowest BCUT2D eigenvalue weighted by Crippen LogP contribution is -2.43. The summed E-state index contributed by atoms with van der Waals surface area (Å²) in [6.45, 7) is 3.88. The number of nitrogens with zero attached hydrogens (tertiary/aromatic N) is 1. The fourth-order valence-electron chi connectivity index (χ4n) is 5.18. The lowest BCUT2D eigenvalue weighted by atomic mass is 9.81. The third kappa shape index (κ3) is 8.27. The van der Waals surface area contributed by atoms with Crippen LogP contribution in [0.3, 0.4) is 0 Å². The van der Waals surface area contributed by atoms with Crippen molar-refractivity contribution in [2.24, 2.45) is 5.92 Å². The van der Waals surface area contributed by atoms with E-state index >= 15 is 0 Å². The summed E-state index contributed by atoms with van der Waals surface area (Å²) in [4.78, 5) is 27.4. The van der Waals surface area contributed by atoms with Gasteiger partial charge >= 0.3 is 5.97 Å². The van der Waals surface area contributed by atoms with Gasteiger partial charge in [0.25, 0.3) is 5.91 Å². The van der Waals surface area contributed by atoms with Gasteiger partial charge in [0.2, 0.25) is 6.29 Å². The van der Waals surface area contributed by atoms with Gasteiger partial charge in [-0.15, -0.1) is 0 Å². The zero-order valence-electron chi connectivity index (χ0n) is 22.9. The van der Waals surface area contributed by atoms with Gasteiger partial charge in [0.1, 0.15) is 0 Å². The molecule has 0 spiro atoms. The Morgan fingerprint density at radius 3 is 2.34 bits per heavy atom. The highest BCUT2D eigenvalue weighted by Gasteiger charge is 2.39. The molecule has 9 heteroatoms. The first-order valence-corrected chi connectivity index (χ1v) is 13.7. The van der Waals surface area contributed by atoms with Crippen LogP contribution in [0.15, 0.2) is 36.1 Å². The van der Waals surface area contributed by atoms with Crippen molar-refractivity contribution in [2.45, 2.75) is 63.7 Å². The minimum atomic E-state index is -0.622. The van der Waals surface area contributed by atoms with E-state index in [1.165, 1.54) is 13.5 Å². The van der Waals surface area contributed by atoms with Crippen LogP contribution in [-0.2, 0) is 28.5 Å². The molecule has 2 aliphatic rings. The molecular weight excluding hydrogens is 490 g/mol. The van der Waals surface area contributed by atoms with Gasteiger partial charge < -0.3 is 33.7 Å². The molecule has 1 aliphatic carbocycles. The average molecular weight is 534 g/mol. The molecular formula is C29H43NO8. The fourth-order valence-corrected chi connectivity index (χ4v) is 5.18. The van der Waals surface area contributed by atoms with Crippen molar-refractivity contribution in [1.82, 2.24) is 4.90 Å². The number of aliphatic hydroxyl groups excluding tert-OH is 1. The van der Waals surface area contributed by atoms with Gasteiger partial charge in [-0.3, -0.25) is 4.79 Å². The first kappa shape index (κ1) is 30.1. The Morgan fingerprint density at radius 1 is 1.03 bits per heavy atom. The molecule has 1 aromatic rings. The molecule has 0 aromatic heterocycles. The first-order valence-electron chi connectivity index (χ1n) is 13.7. The quantitative estimate of drug-likeness (QED) is 0.286. The number of carbonyl (C=O) groups excluding carboxylic acids is 2. The largest absolute Gasteiger partial charge is 0.465 e. The topological polar surface area (TPSA) is 104 Å². The van der Waals surface area contributed by atoms with Crippen LogP contribution in [0.2, 0.25) is 0 Å². The van der Waals surface area contributed by atoms with E-state index in [9.17, 15) is 9.59 Å². The van der Waals surface area contributed by atoms with Gasteiger partial charge in [-0.1, -0.05) is 31.4 Å². The SMILES string of the molecule is CCO[C@H]1OC(C(=O)N(C)C2CCCCC2)=C[C@@H](c2ccc(C(=O)OC)cc2)[C@@H]1CCOCCOCCO. The number of hydrogen-bond acceptors (Lipinski definition) is 8. The van der Waals surface area contributed by atoms with E-state index in [4.69, 9.17) is 28.8 Å². The van der Waals surface area contributed by atoms with Crippen LogP contribution in [0, 0.1) is 5.92 Å². The number of ether oxygens (including phenoxy) is 5. The summed E-state index contributed by atoms with van der Waals surface area (Å²) in [5, 5.41) is 8.83. The Bertz CT molecular complexity index is 896. The highest BCUT2D eigenvalue weighted by Crippen LogP contribution is 2.39. The Hall–Kier alpha value is -2.46. The van der Waals surface area contributed by atoms with Gasteiger partial charge in [-0.2, -0.15) is 0 Å². The third-order valence-electron chi connectivity index (χ3n) is 7.29. The second kappa shape index (κ2) is 15.8. The van der Waals surface area contributed by atoms with Gasteiger partial charge in [-0.25, -0.2) is 4.79 Å². The molecule has 1 amide bonds. The zero-order valence-corrected chi connectivity index (χ0v) is 22.9. The van der Waals surface area contributed by atoms with Crippen molar-refractivity contribution in [2.75, 3.05) is 53.8 Å². The molecule has 0 unspecified atom stereocenters. The highest BCUT2D eigenvalue weighted by molar-refractivity contribution is 5.92. The van der Waals surface area contributed by atoms with Crippen LogP contribution in [-0.4, -0.2) is 88.0 Å². The van der Waals surface area contributed by atoms with Crippen molar-refractivity contribution in [1.29, 1.82) is 0 Å². The van der Waals surface area contributed by atoms with E-state index in [2.05, 4.69) is 0 Å². The summed E-state index contributed by atoms with van der Waals surface area (Å²) >= 11 is 0. The predicted molar refractivity (Wildman–Crippen MR) is 142 cm³/mol. The maximum absolute atomic E-state index is 13.6. The number of rotatable bonds is 14. The third-order valence-corrected chi connectivity index (χ3v) is 7.29. The van der Waals surface area contributed by atoms with Gasteiger partial charge in [0.05, 0.1) is 39.1 Å². The number of carbonyl (C=O) groups is 2. The molecule has 0 bridgehead atoms. The number of hydrogen-bond donors (Lipinski definition) is 1. The Balaban J connectivity index is 1.83. The second-order valence-corrected chi connectivity index (χ2v) is 9.72. The van der Waals surface area contributed by atoms with Crippen LogP contribution in [0.1, 0.15) is 67.3 Å². The monoisotopic (exact) mass is 533 g/mol. The number of esters is 1. The number of benzene rings is 1. The maximum atomic E-state index is 13.6. The maximum Gasteiger partial charge on any atom is 0.337 e. The minimum absolute atomic E-state index is 0.0186. The summed E-state index contributed by atoms with van der Waals surface area (Å²) in [5.41, 5.74) is 1.41. The van der Waals surface area contributed by atoms with Crippen molar-refractivity contribution >= 4 is 11.9 Å². The number of likely N-dealkylation sites (N-methyl/N-ethyl adjacent to an activating group) is 1. The molecule has 1 fully saturated rings. The summed E-state index contributed by atoms with van der Waals surface area (Å²) in [6.07, 6.45) is 7.39. The smallest absolute Gasteiger partial charge is 0.337 e. The Labute approximate surface area is 226 Å². The van der Waals surface area contributed by atoms with Crippen molar-refractivity contribution in [3.8, 4) is 0 Å². The van der Waals surface area contributed by atoms with Crippen LogP contribution in [0.5, 0.6) is 0 Å². The molecule has 1 aromatic carbocycles. The number of aliphatic hydroxyl groups is 1. The summed E-state index contributed by atoms with van der Waals surface area (Å²) in [5.74, 6) is -0.528. The summed E-state index contributed by atoms with van der Waals surface area (Å²) < 4.78 is 28.1. The van der Waals surface area contributed by atoms with Gasteiger partial charge in [-0.05, 0) is 50.0 Å². The van der Waals surface area contributed by atoms with E-state index in [0.29, 0.717) is 44.2 Å². The molecule has 212 valence electrons. The number of allylic oxidation sites excluding steroid dienone is 1. The second-order valence-electron chi connectivity index (χ2n) is 9.72. The average Bonchev–Trinajstić information content (AvgIpc) is 2.96. The lowest BCUT2D eigenvalue weighted by Gasteiger charge is -2.39. The van der Waals surface area contributed by atoms with Crippen LogP contribution >= 0.6 is 0 Å². The van der Waals surface area contributed by atoms with E-state index in [-0.39, 0.29) is 37.0 Å². The normalized spacial score (nSPS) is 21.9. The van der Waals surface area contributed by atoms with Crippen molar-refractivity contribution in [3.63, 3.8) is 0 Å². The predicted octanol–water partition coefficient (Wildman–Crippen LogP) is 3.66. The van der Waals surface area contributed by atoms with E-state index < -0.39 is 12.3 Å². The van der Waals surface area contributed by atoms with Crippen LogP contribution in [0.25, 0.3) is 0 Å². The Morgan fingerprint density at radius 2 is 1.71 bits per heavy atom. The molecule has 1 aliphatic heterocycles. The van der Waals surface area contributed by atoms with Gasteiger partial charge in [0, 0.05) is 38.1 Å². The molecule has 38 heavy (non-hydrogen) atoms. The van der Waals surface area contributed by atoms with E-state index in [0.717, 1.165) is 31.2 Å².